The van der Waals surface area contributed by atoms with E-state index in [4.69, 9.17) is 25.9 Å². The number of aromatic nitrogens is 6. The average molecular weight is 532 g/mol. The summed E-state index contributed by atoms with van der Waals surface area (Å²) in [5, 5.41) is 10.7. The van der Waals surface area contributed by atoms with Crippen LogP contribution < -0.4 is 20.1 Å². The molecule has 0 radical (unpaired) electrons. The number of ether oxygens (including phenoxy) is 3. The first kappa shape index (κ1) is 25.9. The molecule has 0 aromatic carbocycles. The van der Waals surface area contributed by atoms with Crippen LogP contribution in [0.1, 0.15) is 38.9 Å². The van der Waals surface area contributed by atoms with E-state index in [0.29, 0.717) is 59.2 Å². The van der Waals surface area contributed by atoms with Crippen molar-refractivity contribution in [3.8, 4) is 17.2 Å². The molecule has 0 bridgehead atoms. The number of hydrogen-bond donors (Lipinski definition) is 2. The molecule has 1 aliphatic heterocycles. The molecule has 1 amide bonds. The molecule has 1 saturated heterocycles. The lowest BCUT2D eigenvalue weighted by Crippen LogP contribution is -2.22. The molecule has 1 fully saturated rings. The molecule has 5 heterocycles. The fraction of sp³-hybridized carbons (Fsp3) is 0.385. The van der Waals surface area contributed by atoms with Gasteiger partial charge in [0.15, 0.2) is 23.0 Å². The van der Waals surface area contributed by atoms with Crippen molar-refractivity contribution in [1.82, 2.24) is 29.3 Å². The zero-order valence-corrected chi connectivity index (χ0v) is 22.3. The fourth-order valence-electron chi connectivity index (χ4n) is 4.43. The highest BCUT2D eigenvalue weighted by atomic mass is 16.5. The number of methoxy groups -OCH3 is 1. The molecule has 202 valence electrons. The zero-order chi connectivity index (χ0) is 27.7. The summed E-state index contributed by atoms with van der Waals surface area (Å²) in [6.45, 7) is 14.1. The number of carbonyl (C=O) groups is 1. The van der Waals surface area contributed by atoms with Crippen molar-refractivity contribution in [2.45, 2.75) is 38.8 Å². The Kier molecular flexibility index (Phi) is 6.80. The summed E-state index contributed by atoms with van der Waals surface area (Å²) in [7, 11) is 3.37. The summed E-state index contributed by atoms with van der Waals surface area (Å²) >= 11 is 0. The molecule has 13 heteroatoms. The number of hydrogen-bond acceptors (Lipinski definition) is 9. The third kappa shape index (κ3) is 5.06. The molecule has 4 aromatic heterocycles. The number of anilines is 3. The molecule has 0 unspecified atom stereocenters. The molecule has 4 aromatic rings. The van der Waals surface area contributed by atoms with Crippen molar-refractivity contribution in [3.05, 3.63) is 47.7 Å². The van der Waals surface area contributed by atoms with Gasteiger partial charge >= 0.3 is 0 Å². The highest BCUT2D eigenvalue weighted by molar-refractivity contribution is 5.88. The molecule has 1 atom stereocenters. The maximum absolute atomic E-state index is 11.4. The first-order valence-electron chi connectivity index (χ1n) is 12.3. The van der Waals surface area contributed by atoms with E-state index in [0.717, 1.165) is 12.1 Å². The first-order chi connectivity index (χ1) is 18.7. The lowest BCUT2D eigenvalue weighted by atomic mass is 10.0. The van der Waals surface area contributed by atoms with Crippen LogP contribution in [-0.4, -0.2) is 55.5 Å². The van der Waals surface area contributed by atoms with Crippen LogP contribution in [0.5, 0.6) is 17.2 Å². The molecular weight excluding hydrogens is 502 g/mol. The van der Waals surface area contributed by atoms with Crippen LogP contribution in [0.4, 0.5) is 17.6 Å². The molecule has 39 heavy (non-hydrogen) atoms. The number of rotatable bonds is 8. The summed E-state index contributed by atoms with van der Waals surface area (Å²) < 4.78 is 21.0. The Labute approximate surface area is 224 Å². The average Bonchev–Trinajstić information content (AvgIpc) is 3.64. The van der Waals surface area contributed by atoms with Gasteiger partial charge in [-0.1, -0.05) is 0 Å². The van der Waals surface area contributed by atoms with E-state index >= 15 is 0 Å². The van der Waals surface area contributed by atoms with E-state index in [1.165, 1.54) is 19.3 Å². The van der Waals surface area contributed by atoms with E-state index in [1.54, 1.807) is 23.8 Å². The minimum absolute atomic E-state index is 0.0674. The van der Waals surface area contributed by atoms with Gasteiger partial charge in [0.25, 0.3) is 5.54 Å². The van der Waals surface area contributed by atoms with Crippen LogP contribution in [0.3, 0.4) is 0 Å². The van der Waals surface area contributed by atoms with E-state index in [1.807, 2.05) is 31.6 Å². The van der Waals surface area contributed by atoms with Gasteiger partial charge < -0.3 is 34.3 Å². The molecule has 13 nitrogen and oxygen atoms in total. The molecular formula is C26H29N9O4. The highest BCUT2D eigenvalue weighted by Gasteiger charge is 2.35. The van der Waals surface area contributed by atoms with E-state index in [2.05, 4.69) is 30.4 Å². The number of imidazole rings is 1. The SMILES string of the molecule is [C-]#[N+]C(C)(C)c1cc(Nc2nc3ncc(Oc4ccnc(NC(C)=O)c4)c(OC)c3n2C)nn1[C@H]1CCOC1. The maximum atomic E-state index is 11.4. The van der Waals surface area contributed by atoms with Gasteiger partial charge in [0, 0.05) is 52.8 Å². The number of fused-ring (bicyclic) bond motifs is 1. The van der Waals surface area contributed by atoms with E-state index in [9.17, 15) is 4.79 Å². The van der Waals surface area contributed by atoms with Crippen LogP contribution in [0, 0.1) is 6.57 Å². The largest absolute Gasteiger partial charge is 0.491 e. The summed E-state index contributed by atoms with van der Waals surface area (Å²) in [5.41, 5.74) is 1.10. The molecule has 1 aliphatic rings. The second kappa shape index (κ2) is 10.2. The van der Waals surface area contributed by atoms with Crippen LogP contribution in [0.2, 0.25) is 0 Å². The minimum Gasteiger partial charge on any atom is -0.491 e. The third-order valence-corrected chi connectivity index (χ3v) is 6.42. The molecule has 0 saturated carbocycles. The third-order valence-electron chi connectivity index (χ3n) is 6.42. The van der Waals surface area contributed by atoms with Gasteiger partial charge in [0.05, 0.1) is 26.0 Å². The predicted molar refractivity (Wildman–Crippen MR) is 143 cm³/mol. The van der Waals surface area contributed by atoms with Crippen molar-refractivity contribution in [3.63, 3.8) is 0 Å². The number of nitrogens with one attached hydrogen (secondary N) is 2. The monoisotopic (exact) mass is 531 g/mol. The van der Waals surface area contributed by atoms with Gasteiger partial charge in [-0.05, 0) is 12.5 Å². The van der Waals surface area contributed by atoms with Crippen molar-refractivity contribution in [1.29, 1.82) is 0 Å². The summed E-state index contributed by atoms with van der Waals surface area (Å²) in [6.07, 6.45) is 3.90. The molecule has 2 N–H and O–H groups in total. The number of aryl methyl sites for hydroxylation is 1. The van der Waals surface area contributed by atoms with Crippen LogP contribution >= 0.6 is 0 Å². The molecule has 0 aliphatic carbocycles. The minimum atomic E-state index is -0.758. The van der Waals surface area contributed by atoms with Gasteiger partial charge in [-0.3, -0.25) is 9.48 Å². The van der Waals surface area contributed by atoms with Gasteiger partial charge in [0.2, 0.25) is 11.9 Å². The number of pyridine rings is 2. The topological polar surface area (TPSA) is 135 Å². The second-order valence-electron chi connectivity index (χ2n) is 9.65. The Morgan fingerprint density at radius 2 is 2.10 bits per heavy atom. The smallest absolute Gasteiger partial charge is 0.268 e. The number of amides is 1. The maximum Gasteiger partial charge on any atom is 0.268 e. The Hall–Kier alpha value is -4.70. The lowest BCUT2D eigenvalue weighted by molar-refractivity contribution is -0.114. The van der Waals surface area contributed by atoms with Gasteiger partial charge in [-0.15, -0.1) is 0 Å². The lowest BCUT2D eigenvalue weighted by Gasteiger charge is -2.17. The van der Waals surface area contributed by atoms with Gasteiger partial charge in [0.1, 0.15) is 22.8 Å². The van der Waals surface area contributed by atoms with E-state index in [-0.39, 0.29) is 11.9 Å². The predicted octanol–water partition coefficient (Wildman–Crippen LogP) is 4.18. The summed E-state index contributed by atoms with van der Waals surface area (Å²) in [6, 6.07) is 5.22. The standard InChI is InChI=1S/C26H29N9O4/c1-15(36)30-20-11-17(7-9-28-20)39-18-13-29-24-22(23(18)37-6)34(5)25(32-24)31-21-12-19(26(2,3)27-4)35(33-21)16-8-10-38-14-16/h7,9,11-13,16H,8,10,14H2,1-3,5-6H3,(H,28,30,36)(H,29,31,32,33)/t16-/m0/s1. The van der Waals surface area contributed by atoms with Crippen molar-refractivity contribution < 1.29 is 19.0 Å². The van der Waals surface area contributed by atoms with Crippen molar-refractivity contribution >= 4 is 34.7 Å². The van der Waals surface area contributed by atoms with Crippen molar-refractivity contribution in [2.24, 2.45) is 7.05 Å². The summed E-state index contributed by atoms with van der Waals surface area (Å²) in [5.74, 6) is 2.43. The fourth-order valence-corrected chi connectivity index (χ4v) is 4.43. The summed E-state index contributed by atoms with van der Waals surface area (Å²) in [4.78, 5) is 28.4. The van der Waals surface area contributed by atoms with Crippen LogP contribution in [0.25, 0.3) is 16.0 Å². The Balaban J connectivity index is 1.48. The normalized spacial score (nSPS) is 15.2. The second-order valence-corrected chi connectivity index (χ2v) is 9.65. The highest BCUT2D eigenvalue weighted by Crippen LogP contribution is 2.39. The van der Waals surface area contributed by atoms with Gasteiger partial charge in [-0.25, -0.2) is 16.5 Å². The number of carbonyl (C=O) groups excluding carboxylic acids is 1. The van der Waals surface area contributed by atoms with Gasteiger partial charge in [-0.2, -0.15) is 10.1 Å². The van der Waals surface area contributed by atoms with Crippen LogP contribution in [0.15, 0.2) is 30.6 Å². The zero-order valence-electron chi connectivity index (χ0n) is 22.3. The Morgan fingerprint density at radius 1 is 1.28 bits per heavy atom. The van der Waals surface area contributed by atoms with E-state index < -0.39 is 5.54 Å². The quantitative estimate of drug-likeness (QED) is 0.321. The van der Waals surface area contributed by atoms with Crippen molar-refractivity contribution in [2.75, 3.05) is 31.0 Å². The molecule has 5 rings (SSSR count). The number of nitrogens with zero attached hydrogens (tertiary/aromatic N) is 7. The Bertz CT molecular complexity index is 1580. The van der Waals surface area contributed by atoms with Crippen LogP contribution in [-0.2, 0) is 22.1 Å². The first-order valence-corrected chi connectivity index (χ1v) is 12.3. The Morgan fingerprint density at radius 3 is 2.79 bits per heavy atom. The molecule has 0 spiro atoms.